The highest BCUT2D eigenvalue weighted by Gasteiger charge is 2.07. The van der Waals surface area contributed by atoms with Gasteiger partial charge in [0, 0.05) is 22.9 Å². The number of rotatable bonds is 7. The van der Waals surface area contributed by atoms with Crippen molar-refractivity contribution in [3.63, 3.8) is 0 Å². The van der Waals surface area contributed by atoms with Crippen LogP contribution in [0.4, 0.5) is 11.4 Å². The lowest BCUT2D eigenvalue weighted by Crippen LogP contribution is -2.27. The van der Waals surface area contributed by atoms with Crippen LogP contribution in [0.15, 0.2) is 47.2 Å². The molecule has 1 amide bonds. The van der Waals surface area contributed by atoms with Gasteiger partial charge in [0.05, 0.1) is 17.4 Å². The van der Waals surface area contributed by atoms with Gasteiger partial charge in [-0.3, -0.25) is 9.78 Å². The van der Waals surface area contributed by atoms with Crippen LogP contribution >= 0.6 is 15.9 Å². The largest absolute Gasteiger partial charge is 0.354 e. The standard InChI is InChI=1S/C17H21BrN4O/c1-22(2)8-4-7-20-17(23)13-9-16(12-19-11-13)21-15-6-3-5-14(18)10-15/h3,5-6,9-12,21H,4,7-8H2,1-2H3,(H,20,23). The van der Waals surface area contributed by atoms with Gasteiger partial charge in [-0.25, -0.2) is 0 Å². The summed E-state index contributed by atoms with van der Waals surface area (Å²) in [6.45, 7) is 1.60. The molecule has 0 saturated heterocycles. The number of nitrogens with zero attached hydrogens (tertiary/aromatic N) is 2. The fourth-order valence-corrected chi connectivity index (χ4v) is 2.46. The highest BCUT2D eigenvalue weighted by atomic mass is 79.9. The van der Waals surface area contributed by atoms with Crippen molar-refractivity contribution in [1.82, 2.24) is 15.2 Å². The van der Waals surface area contributed by atoms with Crippen LogP contribution in [0, 0.1) is 0 Å². The molecule has 122 valence electrons. The Morgan fingerprint density at radius 3 is 2.78 bits per heavy atom. The number of hydrogen-bond acceptors (Lipinski definition) is 4. The van der Waals surface area contributed by atoms with Crippen LogP contribution in [0.3, 0.4) is 0 Å². The fourth-order valence-electron chi connectivity index (χ4n) is 2.06. The quantitative estimate of drug-likeness (QED) is 0.728. The number of benzene rings is 1. The predicted octanol–water partition coefficient (Wildman–Crippen LogP) is 3.27. The van der Waals surface area contributed by atoms with Gasteiger partial charge < -0.3 is 15.5 Å². The summed E-state index contributed by atoms with van der Waals surface area (Å²) in [5, 5.41) is 6.16. The van der Waals surface area contributed by atoms with Gasteiger partial charge in [0.15, 0.2) is 0 Å². The third-order valence-corrected chi connectivity index (χ3v) is 3.67. The number of pyridine rings is 1. The number of nitrogens with one attached hydrogen (secondary N) is 2. The molecular weight excluding hydrogens is 356 g/mol. The second-order valence-electron chi connectivity index (χ2n) is 5.51. The minimum absolute atomic E-state index is 0.103. The zero-order valence-electron chi connectivity index (χ0n) is 13.3. The van der Waals surface area contributed by atoms with E-state index in [-0.39, 0.29) is 5.91 Å². The van der Waals surface area contributed by atoms with Crippen LogP contribution in [0.25, 0.3) is 0 Å². The summed E-state index contributed by atoms with van der Waals surface area (Å²) in [7, 11) is 4.03. The first kappa shape index (κ1) is 17.4. The Morgan fingerprint density at radius 2 is 2.04 bits per heavy atom. The molecule has 1 aromatic carbocycles. The first-order chi connectivity index (χ1) is 11.0. The van der Waals surface area contributed by atoms with E-state index in [9.17, 15) is 4.79 Å². The Bertz CT molecular complexity index is 661. The normalized spacial score (nSPS) is 10.6. The van der Waals surface area contributed by atoms with Crippen LogP contribution in [-0.2, 0) is 0 Å². The zero-order valence-corrected chi connectivity index (χ0v) is 14.9. The first-order valence-corrected chi connectivity index (χ1v) is 8.24. The summed E-state index contributed by atoms with van der Waals surface area (Å²) in [5.41, 5.74) is 2.27. The van der Waals surface area contributed by atoms with Crippen molar-refractivity contribution in [2.24, 2.45) is 0 Å². The second kappa shape index (κ2) is 8.64. The predicted molar refractivity (Wildman–Crippen MR) is 97.2 cm³/mol. The number of carbonyl (C=O) groups is 1. The van der Waals surface area contributed by atoms with Gasteiger partial charge in [0.25, 0.3) is 5.91 Å². The Balaban J connectivity index is 1.95. The molecule has 0 aliphatic heterocycles. The summed E-state index contributed by atoms with van der Waals surface area (Å²) >= 11 is 3.44. The number of hydrogen-bond donors (Lipinski definition) is 2. The molecule has 0 bridgehead atoms. The molecule has 2 N–H and O–H groups in total. The average Bonchev–Trinajstić information content (AvgIpc) is 2.51. The smallest absolute Gasteiger partial charge is 0.252 e. The van der Waals surface area contributed by atoms with Crippen LogP contribution in [0.1, 0.15) is 16.8 Å². The molecule has 6 heteroatoms. The second-order valence-corrected chi connectivity index (χ2v) is 6.43. The minimum Gasteiger partial charge on any atom is -0.354 e. The van der Waals surface area contributed by atoms with E-state index in [1.54, 1.807) is 18.5 Å². The molecule has 0 saturated carbocycles. The highest BCUT2D eigenvalue weighted by molar-refractivity contribution is 9.10. The number of halogens is 1. The maximum atomic E-state index is 12.1. The fraction of sp³-hybridized carbons (Fsp3) is 0.294. The van der Waals surface area contributed by atoms with Crippen molar-refractivity contribution in [3.8, 4) is 0 Å². The van der Waals surface area contributed by atoms with E-state index in [4.69, 9.17) is 0 Å². The number of amides is 1. The van der Waals surface area contributed by atoms with Gasteiger partial charge in [-0.1, -0.05) is 22.0 Å². The molecule has 5 nitrogen and oxygen atoms in total. The highest BCUT2D eigenvalue weighted by Crippen LogP contribution is 2.20. The van der Waals surface area contributed by atoms with Crippen molar-refractivity contribution in [2.75, 3.05) is 32.5 Å². The van der Waals surface area contributed by atoms with Crippen molar-refractivity contribution in [3.05, 3.63) is 52.8 Å². The van der Waals surface area contributed by atoms with Gasteiger partial charge in [-0.2, -0.15) is 0 Å². The van der Waals surface area contributed by atoms with Crippen molar-refractivity contribution < 1.29 is 4.79 Å². The van der Waals surface area contributed by atoms with Gasteiger partial charge >= 0.3 is 0 Å². The third kappa shape index (κ3) is 6.00. The molecule has 2 aromatic rings. The van der Waals surface area contributed by atoms with E-state index in [2.05, 4.69) is 36.4 Å². The lowest BCUT2D eigenvalue weighted by molar-refractivity contribution is 0.0952. The van der Waals surface area contributed by atoms with Crippen molar-refractivity contribution in [1.29, 1.82) is 0 Å². The Hall–Kier alpha value is -1.92. The maximum Gasteiger partial charge on any atom is 0.252 e. The number of carbonyl (C=O) groups excluding carboxylic acids is 1. The molecular formula is C17H21BrN4O. The molecule has 0 fully saturated rings. The summed E-state index contributed by atoms with van der Waals surface area (Å²) in [6.07, 6.45) is 4.19. The maximum absolute atomic E-state index is 12.1. The molecule has 0 spiro atoms. The summed E-state index contributed by atoms with van der Waals surface area (Å²) in [4.78, 5) is 18.4. The lowest BCUT2D eigenvalue weighted by Gasteiger charge is -2.11. The zero-order chi connectivity index (χ0) is 16.7. The summed E-state index contributed by atoms with van der Waals surface area (Å²) in [6, 6.07) is 9.63. The molecule has 0 atom stereocenters. The van der Waals surface area contributed by atoms with E-state index < -0.39 is 0 Å². The van der Waals surface area contributed by atoms with E-state index in [0.717, 1.165) is 28.8 Å². The topological polar surface area (TPSA) is 57.3 Å². The first-order valence-electron chi connectivity index (χ1n) is 7.45. The van der Waals surface area contributed by atoms with Gasteiger partial charge in [0.2, 0.25) is 0 Å². The van der Waals surface area contributed by atoms with Crippen LogP contribution in [0.2, 0.25) is 0 Å². The molecule has 0 unspecified atom stereocenters. The SMILES string of the molecule is CN(C)CCCNC(=O)c1cncc(Nc2cccc(Br)c2)c1. The van der Waals surface area contributed by atoms with Gasteiger partial charge in [0.1, 0.15) is 0 Å². The number of aromatic nitrogens is 1. The molecule has 1 heterocycles. The summed E-state index contributed by atoms with van der Waals surface area (Å²) < 4.78 is 0.991. The van der Waals surface area contributed by atoms with Gasteiger partial charge in [-0.05, 0) is 51.3 Å². The van der Waals surface area contributed by atoms with E-state index in [1.807, 2.05) is 38.4 Å². The Labute approximate surface area is 145 Å². The van der Waals surface area contributed by atoms with Crippen LogP contribution in [0.5, 0.6) is 0 Å². The molecule has 0 aliphatic carbocycles. The van der Waals surface area contributed by atoms with Crippen molar-refractivity contribution in [2.45, 2.75) is 6.42 Å². The van der Waals surface area contributed by atoms with Crippen LogP contribution in [-0.4, -0.2) is 43.0 Å². The van der Waals surface area contributed by atoms with E-state index >= 15 is 0 Å². The molecule has 1 aromatic heterocycles. The van der Waals surface area contributed by atoms with Crippen LogP contribution < -0.4 is 10.6 Å². The number of anilines is 2. The molecule has 0 radical (unpaired) electrons. The lowest BCUT2D eigenvalue weighted by atomic mass is 10.2. The summed E-state index contributed by atoms with van der Waals surface area (Å²) in [5.74, 6) is -0.103. The van der Waals surface area contributed by atoms with E-state index in [1.165, 1.54) is 0 Å². The monoisotopic (exact) mass is 376 g/mol. The molecule has 2 rings (SSSR count). The average molecular weight is 377 g/mol. The van der Waals surface area contributed by atoms with E-state index in [0.29, 0.717) is 12.1 Å². The van der Waals surface area contributed by atoms with Gasteiger partial charge in [-0.15, -0.1) is 0 Å². The van der Waals surface area contributed by atoms with Crippen molar-refractivity contribution >= 4 is 33.2 Å². The Kier molecular flexibility index (Phi) is 6.55. The third-order valence-electron chi connectivity index (χ3n) is 3.18. The minimum atomic E-state index is -0.103. The molecule has 23 heavy (non-hydrogen) atoms. The Morgan fingerprint density at radius 1 is 1.22 bits per heavy atom. The molecule has 0 aliphatic rings.